The molecule has 1 radical (unpaired) electrons. The number of unbranched alkanes of at least 4 members (excludes halogenated alkanes) is 6. The zero-order chi connectivity index (χ0) is 9.94. The highest BCUT2D eigenvalue weighted by Gasteiger charge is 1.95. The highest BCUT2D eigenvalue weighted by atomic mass is 32.1. The third-order valence-corrected chi connectivity index (χ3v) is 2.24. The molecule has 0 heterocycles. The van der Waals surface area contributed by atoms with E-state index in [-0.39, 0.29) is 5.12 Å². The maximum Gasteiger partial charge on any atom is 0.218 e. The van der Waals surface area contributed by atoms with Gasteiger partial charge in [-0.15, -0.1) is 6.58 Å². The van der Waals surface area contributed by atoms with E-state index in [4.69, 9.17) is 0 Å². The summed E-state index contributed by atoms with van der Waals surface area (Å²) in [6.07, 6.45) is 10.9. The van der Waals surface area contributed by atoms with E-state index in [1.165, 1.54) is 25.7 Å². The normalized spacial score (nSPS) is 9.85. The molecule has 0 aliphatic heterocycles. The van der Waals surface area contributed by atoms with Crippen LogP contribution in [0.1, 0.15) is 51.4 Å². The van der Waals surface area contributed by atoms with E-state index in [2.05, 4.69) is 19.2 Å². The molecule has 13 heavy (non-hydrogen) atoms. The second kappa shape index (κ2) is 9.72. The molecule has 0 aromatic carbocycles. The number of carbonyl (C=O) groups is 1. The van der Waals surface area contributed by atoms with Gasteiger partial charge in [0.25, 0.3) is 0 Å². The summed E-state index contributed by atoms with van der Waals surface area (Å²) in [7, 11) is 0. The molecule has 0 bridgehead atoms. The number of allylic oxidation sites excluding steroid dienone is 1. The predicted molar refractivity (Wildman–Crippen MR) is 59.7 cm³/mol. The molecule has 0 aromatic rings. The lowest BCUT2D eigenvalue weighted by molar-refractivity contribution is -0.110. The average molecular weight is 199 g/mol. The summed E-state index contributed by atoms with van der Waals surface area (Å²) in [5.74, 6) is 0. The van der Waals surface area contributed by atoms with Crippen LogP contribution in [0.2, 0.25) is 0 Å². The minimum atomic E-state index is -0.0911. The van der Waals surface area contributed by atoms with Gasteiger partial charge in [0.2, 0.25) is 5.12 Å². The van der Waals surface area contributed by atoms with Gasteiger partial charge in [-0.1, -0.05) is 31.8 Å². The van der Waals surface area contributed by atoms with E-state index < -0.39 is 0 Å². The molecule has 0 fully saturated rings. The summed E-state index contributed by atoms with van der Waals surface area (Å²) in [5.41, 5.74) is 0. The number of carbonyl (C=O) groups excluding carboxylic acids is 1. The van der Waals surface area contributed by atoms with Crippen molar-refractivity contribution in [1.82, 2.24) is 0 Å². The van der Waals surface area contributed by atoms with Gasteiger partial charge in [-0.25, -0.2) is 0 Å². The van der Waals surface area contributed by atoms with Gasteiger partial charge >= 0.3 is 0 Å². The maximum absolute atomic E-state index is 10.4. The fourth-order valence-electron chi connectivity index (χ4n) is 1.27. The third kappa shape index (κ3) is 11.6. The van der Waals surface area contributed by atoms with Gasteiger partial charge in [0, 0.05) is 6.42 Å². The van der Waals surface area contributed by atoms with Crippen molar-refractivity contribution in [2.24, 2.45) is 0 Å². The van der Waals surface area contributed by atoms with Crippen molar-refractivity contribution in [3.8, 4) is 0 Å². The minimum Gasteiger partial charge on any atom is -0.282 e. The second-order valence-corrected chi connectivity index (χ2v) is 3.78. The van der Waals surface area contributed by atoms with Crippen LogP contribution in [0.3, 0.4) is 0 Å². The highest BCUT2D eigenvalue weighted by Crippen LogP contribution is 2.09. The van der Waals surface area contributed by atoms with E-state index in [0.717, 1.165) is 19.3 Å². The Hall–Kier alpha value is -0.370. The summed E-state index contributed by atoms with van der Waals surface area (Å²) in [5, 5.41) is -0.0911. The molecule has 0 rings (SSSR count). The number of rotatable bonds is 9. The molecule has 75 valence electrons. The van der Waals surface area contributed by atoms with Crippen LogP contribution in [0.25, 0.3) is 0 Å². The van der Waals surface area contributed by atoms with E-state index >= 15 is 0 Å². The summed E-state index contributed by atoms with van der Waals surface area (Å²) < 4.78 is 0. The monoisotopic (exact) mass is 199 g/mol. The summed E-state index contributed by atoms with van der Waals surface area (Å²) in [4.78, 5) is 10.4. The molecule has 0 unspecified atom stereocenters. The SMILES string of the molecule is C=CCCCCCCCCC(=O)[S]. The first-order valence-corrected chi connectivity index (χ1v) is 5.49. The Labute approximate surface area is 87.0 Å². The van der Waals surface area contributed by atoms with Crippen molar-refractivity contribution in [3.05, 3.63) is 12.7 Å². The number of hydrogen-bond acceptors (Lipinski definition) is 1. The van der Waals surface area contributed by atoms with Crippen molar-refractivity contribution in [3.63, 3.8) is 0 Å². The zero-order valence-corrected chi connectivity index (χ0v) is 9.07. The fourth-order valence-corrected chi connectivity index (χ4v) is 1.41. The molecular formula is C11H19OS. The third-order valence-electron chi connectivity index (χ3n) is 2.04. The van der Waals surface area contributed by atoms with Crippen LogP contribution in [0, 0.1) is 0 Å². The molecular weight excluding hydrogens is 180 g/mol. The minimum absolute atomic E-state index is 0.0911. The summed E-state index contributed by atoms with van der Waals surface area (Å²) >= 11 is 4.46. The van der Waals surface area contributed by atoms with Crippen LogP contribution in [-0.2, 0) is 4.79 Å². The highest BCUT2D eigenvalue weighted by molar-refractivity contribution is 7.96. The van der Waals surface area contributed by atoms with Crippen molar-refractivity contribution in [2.45, 2.75) is 51.4 Å². The molecule has 0 aromatic heterocycles. The Morgan fingerprint density at radius 1 is 1.08 bits per heavy atom. The van der Waals surface area contributed by atoms with Gasteiger partial charge < -0.3 is 0 Å². The molecule has 0 N–H and O–H groups in total. The number of hydrogen-bond donors (Lipinski definition) is 0. The molecule has 0 amide bonds. The van der Waals surface area contributed by atoms with E-state index in [9.17, 15) is 4.79 Å². The molecule has 0 aliphatic rings. The molecule has 2 heteroatoms. The lowest BCUT2D eigenvalue weighted by Crippen LogP contribution is -1.86. The van der Waals surface area contributed by atoms with Gasteiger partial charge in [0.05, 0.1) is 0 Å². The smallest absolute Gasteiger partial charge is 0.218 e. The first kappa shape index (κ1) is 12.6. The van der Waals surface area contributed by atoms with Crippen LogP contribution in [-0.4, -0.2) is 5.12 Å². The van der Waals surface area contributed by atoms with Crippen LogP contribution >= 0.6 is 12.6 Å². The van der Waals surface area contributed by atoms with Crippen LogP contribution in [0.5, 0.6) is 0 Å². The summed E-state index contributed by atoms with van der Waals surface area (Å²) in [6, 6.07) is 0. The molecule has 0 saturated heterocycles. The van der Waals surface area contributed by atoms with E-state index in [1.807, 2.05) is 6.08 Å². The Morgan fingerprint density at radius 2 is 1.62 bits per heavy atom. The topological polar surface area (TPSA) is 17.1 Å². The van der Waals surface area contributed by atoms with Crippen molar-refractivity contribution in [2.75, 3.05) is 0 Å². The Bertz CT molecular complexity index is 143. The van der Waals surface area contributed by atoms with E-state index in [0.29, 0.717) is 6.42 Å². The fraction of sp³-hybridized carbons (Fsp3) is 0.727. The second-order valence-electron chi connectivity index (χ2n) is 3.32. The quantitative estimate of drug-likeness (QED) is 0.405. The molecule has 1 nitrogen and oxygen atoms in total. The van der Waals surface area contributed by atoms with Crippen molar-refractivity contribution in [1.29, 1.82) is 0 Å². The Kier molecular flexibility index (Phi) is 9.44. The van der Waals surface area contributed by atoms with Gasteiger partial charge in [-0.05, 0) is 31.9 Å². The molecule has 0 saturated carbocycles. The van der Waals surface area contributed by atoms with Crippen molar-refractivity contribution >= 4 is 17.7 Å². The predicted octanol–water partition coefficient (Wildman–Crippen LogP) is 4.02. The van der Waals surface area contributed by atoms with Gasteiger partial charge in [-0.3, -0.25) is 4.79 Å². The van der Waals surface area contributed by atoms with Gasteiger partial charge in [0.15, 0.2) is 0 Å². The lowest BCUT2D eigenvalue weighted by Gasteiger charge is -1.98. The zero-order valence-electron chi connectivity index (χ0n) is 8.26. The molecule has 0 aliphatic carbocycles. The van der Waals surface area contributed by atoms with Gasteiger partial charge in [0.1, 0.15) is 0 Å². The first-order valence-electron chi connectivity index (χ1n) is 5.08. The lowest BCUT2D eigenvalue weighted by atomic mass is 10.1. The average Bonchev–Trinajstić information content (AvgIpc) is 2.09. The first-order chi connectivity index (χ1) is 6.27. The van der Waals surface area contributed by atoms with Gasteiger partial charge in [-0.2, -0.15) is 0 Å². The van der Waals surface area contributed by atoms with Crippen LogP contribution in [0.4, 0.5) is 0 Å². The summed E-state index contributed by atoms with van der Waals surface area (Å²) in [6.45, 7) is 3.68. The largest absolute Gasteiger partial charge is 0.282 e. The standard InChI is InChI=1S/C11H19OS/c1-2-3-4-5-6-7-8-9-10-11(12)13/h2H,1,3-10H2. The Balaban J connectivity index is 2.91. The maximum atomic E-state index is 10.4. The molecule has 0 spiro atoms. The van der Waals surface area contributed by atoms with Crippen LogP contribution in [0.15, 0.2) is 12.7 Å². The Morgan fingerprint density at radius 3 is 2.15 bits per heavy atom. The van der Waals surface area contributed by atoms with E-state index in [1.54, 1.807) is 0 Å². The van der Waals surface area contributed by atoms with Crippen LogP contribution < -0.4 is 0 Å². The molecule has 0 atom stereocenters. The van der Waals surface area contributed by atoms with Crippen molar-refractivity contribution < 1.29 is 4.79 Å².